The first-order valence-electron chi connectivity index (χ1n) is 5.83. The molecule has 0 radical (unpaired) electrons. The Morgan fingerprint density at radius 3 is 2.50 bits per heavy atom. The molecule has 0 saturated carbocycles. The molecule has 3 nitrogen and oxygen atoms in total. The maximum Gasteiger partial charge on any atom is 0.248 e. The van der Waals surface area contributed by atoms with Crippen molar-refractivity contribution in [3.05, 3.63) is 52.7 Å². The van der Waals surface area contributed by atoms with E-state index in [1.165, 1.54) is 16.7 Å². The highest BCUT2D eigenvalue weighted by Gasteiger charge is 2.09. The van der Waals surface area contributed by atoms with Crippen LogP contribution in [0.2, 0.25) is 0 Å². The summed E-state index contributed by atoms with van der Waals surface area (Å²) in [4.78, 5) is 15.5. The molecule has 2 aromatic rings. The molecular formula is C15H16N2O. The zero-order valence-electron chi connectivity index (χ0n) is 10.8. The standard InChI is InChI=1S/C15H16N2O/c1-9-4-5-13(11(3)10(9)2)14-8-12(15(16)18)6-7-17-14/h4-8H,1-3H3,(H2,16,18). The molecule has 2 rings (SSSR count). The second-order valence-electron chi connectivity index (χ2n) is 4.47. The summed E-state index contributed by atoms with van der Waals surface area (Å²) in [5, 5.41) is 0. The molecule has 92 valence electrons. The van der Waals surface area contributed by atoms with Crippen LogP contribution in [-0.2, 0) is 0 Å². The van der Waals surface area contributed by atoms with E-state index in [9.17, 15) is 4.79 Å². The first-order chi connectivity index (χ1) is 8.50. The van der Waals surface area contributed by atoms with E-state index >= 15 is 0 Å². The second kappa shape index (κ2) is 4.61. The Morgan fingerprint density at radius 2 is 1.83 bits per heavy atom. The van der Waals surface area contributed by atoms with E-state index in [1.807, 2.05) is 6.07 Å². The van der Waals surface area contributed by atoms with Gasteiger partial charge >= 0.3 is 0 Å². The number of hydrogen-bond donors (Lipinski definition) is 1. The van der Waals surface area contributed by atoms with Gasteiger partial charge in [-0.05, 0) is 49.6 Å². The predicted molar refractivity (Wildman–Crippen MR) is 72.4 cm³/mol. The van der Waals surface area contributed by atoms with Gasteiger partial charge in [0.2, 0.25) is 5.91 Å². The van der Waals surface area contributed by atoms with Gasteiger partial charge in [0.15, 0.2) is 0 Å². The summed E-state index contributed by atoms with van der Waals surface area (Å²) in [6.07, 6.45) is 1.62. The summed E-state index contributed by atoms with van der Waals surface area (Å²) < 4.78 is 0. The van der Waals surface area contributed by atoms with E-state index in [4.69, 9.17) is 5.73 Å². The van der Waals surface area contributed by atoms with Crippen molar-refractivity contribution in [3.63, 3.8) is 0 Å². The zero-order valence-corrected chi connectivity index (χ0v) is 10.8. The fourth-order valence-electron chi connectivity index (χ4n) is 1.96. The Morgan fingerprint density at radius 1 is 1.11 bits per heavy atom. The number of amides is 1. The van der Waals surface area contributed by atoms with Crippen molar-refractivity contribution in [1.82, 2.24) is 4.98 Å². The highest BCUT2D eigenvalue weighted by Crippen LogP contribution is 2.26. The first kappa shape index (κ1) is 12.3. The van der Waals surface area contributed by atoms with Crippen molar-refractivity contribution in [3.8, 4) is 11.3 Å². The minimum atomic E-state index is -0.430. The molecule has 0 fully saturated rings. The topological polar surface area (TPSA) is 56.0 Å². The number of pyridine rings is 1. The highest BCUT2D eigenvalue weighted by molar-refractivity contribution is 5.93. The molecule has 0 aliphatic rings. The van der Waals surface area contributed by atoms with Gasteiger partial charge in [0.1, 0.15) is 0 Å². The lowest BCUT2D eigenvalue weighted by Crippen LogP contribution is -2.11. The molecule has 0 bridgehead atoms. The van der Waals surface area contributed by atoms with Gasteiger partial charge in [0, 0.05) is 17.3 Å². The van der Waals surface area contributed by atoms with Crippen molar-refractivity contribution < 1.29 is 4.79 Å². The third-order valence-electron chi connectivity index (χ3n) is 3.38. The van der Waals surface area contributed by atoms with Gasteiger partial charge in [-0.1, -0.05) is 12.1 Å². The summed E-state index contributed by atoms with van der Waals surface area (Å²) in [6.45, 7) is 6.24. The molecule has 0 unspecified atom stereocenters. The summed E-state index contributed by atoms with van der Waals surface area (Å²) in [6, 6.07) is 7.46. The van der Waals surface area contributed by atoms with Crippen LogP contribution in [-0.4, -0.2) is 10.9 Å². The summed E-state index contributed by atoms with van der Waals surface area (Å²) in [5.41, 5.74) is 11.3. The number of benzene rings is 1. The third-order valence-corrected chi connectivity index (χ3v) is 3.38. The normalized spacial score (nSPS) is 10.4. The zero-order chi connectivity index (χ0) is 13.3. The predicted octanol–water partition coefficient (Wildman–Crippen LogP) is 2.77. The Balaban J connectivity index is 2.59. The Bertz CT molecular complexity index is 618. The number of primary amides is 1. The monoisotopic (exact) mass is 240 g/mol. The molecule has 2 N–H and O–H groups in total. The van der Waals surface area contributed by atoms with Crippen LogP contribution in [0.4, 0.5) is 0 Å². The molecule has 1 amide bonds. The number of carbonyl (C=O) groups excluding carboxylic acids is 1. The van der Waals surface area contributed by atoms with Crippen LogP contribution in [0.3, 0.4) is 0 Å². The lowest BCUT2D eigenvalue weighted by atomic mass is 9.96. The van der Waals surface area contributed by atoms with Gasteiger partial charge in [0.05, 0.1) is 5.69 Å². The SMILES string of the molecule is Cc1ccc(-c2cc(C(N)=O)ccn2)c(C)c1C. The average Bonchev–Trinajstić information content (AvgIpc) is 2.36. The van der Waals surface area contributed by atoms with E-state index < -0.39 is 5.91 Å². The fourth-order valence-corrected chi connectivity index (χ4v) is 1.96. The van der Waals surface area contributed by atoms with E-state index in [0.717, 1.165) is 11.3 Å². The van der Waals surface area contributed by atoms with Crippen molar-refractivity contribution >= 4 is 5.91 Å². The van der Waals surface area contributed by atoms with Crippen LogP contribution in [0.1, 0.15) is 27.0 Å². The van der Waals surface area contributed by atoms with Crippen molar-refractivity contribution in [2.24, 2.45) is 5.73 Å². The molecule has 1 aromatic heterocycles. The van der Waals surface area contributed by atoms with Crippen LogP contribution < -0.4 is 5.73 Å². The van der Waals surface area contributed by atoms with Crippen LogP contribution in [0, 0.1) is 20.8 Å². The molecule has 0 aliphatic carbocycles. The van der Waals surface area contributed by atoms with E-state index in [2.05, 4.69) is 31.8 Å². The molecule has 1 aromatic carbocycles. The lowest BCUT2D eigenvalue weighted by Gasteiger charge is -2.11. The van der Waals surface area contributed by atoms with Gasteiger partial charge < -0.3 is 5.73 Å². The summed E-state index contributed by atoms with van der Waals surface area (Å²) in [5.74, 6) is -0.430. The number of nitrogens with two attached hydrogens (primary N) is 1. The van der Waals surface area contributed by atoms with E-state index in [0.29, 0.717) is 5.56 Å². The molecule has 0 saturated heterocycles. The number of hydrogen-bond acceptors (Lipinski definition) is 2. The van der Waals surface area contributed by atoms with Gasteiger partial charge in [-0.25, -0.2) is 0 Å². The molecule has 18 heavy (non-hydrogen) atoms. The fraction of sp³-hybridized carbons (Fsp3) is 0.200. The van der Waals surface area contributed by atoms with Crippen molar-refractivity contribution in [2.45, 2.75) is 20.8 Å². The van der Waals surface area contributed by atoms with Crippen LogP contribution in [0.25, 0.3) is 11.3 Å². The number of aromatic nitrogens is 1. The molecule has 1 heterocycles. The van der Waals surface area contributed by atoms with E-state index in [1.54, 1.807) is 18.3 Å². The molecule has 3 heteroatoms. The molecular weight excluding hydrogens is 224 g/mol. The maximum absolute atomic E-state index is 11.2. The van der Waals surface area contributed by atoms with Gasteiger partial charge in [0.25, 0.3) is 0 Å². The van der Waals surface area contributed by atoms with Crippen molar-refractivity contribution in [1.29, 1.82) is 0 Å². The van der Waals surface area contributed by atoms with E-state index in [-0.39, 0.29) is 0 Å². The third kappa shape index (κ3) is 2.12. The second-order valence-corrected chi connectivity index (χ2v) is 4.47. The van der Waals surface area contributed by atoms with Gasteiger partial charge in [-0.3, -0.25) is 9.78 Å². The first-order valence-corrected chi connectivity index (χ1v) is 5.83. The smallest absolute Gasteiger partial charge is 0.248 e. The number of nitrogens with zero attached hydrogens (tertiary/aromatic N) is 1. The van der Waals surface area contributed by atoms with Crippen molar-refractivity contribution in [2.75, 3.05) is 0 Å². The molecule has 0 aliphatic heterocycles. The van der Waals surface area contributed by atoms with Gasteiger partial charge in [-0.2, -0.15) is 0 Å². The highest BCUT2D eigenvalue weighted by atomic mass is 16.1. The summed E-state index contributed by atoms with van der Waals surface area (Å²) >= 11 is 0. The van der Waals surface area contributed by atoms with Crippen LogP contribution in [0.5, 0.6) is 0 Å². The average molecular weight is 240 g/mol. The molecule has 0 atom stereocenters. The number of aryl methyl sites for hydroxylation is 1. The van der Waals surface area contributed by atoms with Crippen LogP contribution >= 0.6 is 0 Å². The summed E-state index contributed by atoms with van der Waals surface area (Å²) in [7, 11) is 0. The quantitative estimate of drug-likeness (QED) is 0.877. The minimum Gasteiger partial charge on any atom is -0.366 e. The molecule has 0 spiro atoms. The maximum atomic E-state index is 11.2. The Labute approximate surface area is 107 Å². The number of carbonyl (C=O) groups is 1. The lowest BCUT2D eigenvalue weighted by molar-refractivity contribution is 0.1000. The number of rotatable bonds is 2. The Kier molecular flexibility index (Phi) is 3.15. The Hall–Kier alpha value is -2.16. The minimum absolute atomic E-state index is 0.430. The van der Waals surface area contributed by atoms with Crippen LogP contribution in [0.15, 0.2) is 30.5 Å². The largest absolute Gasteiger partial charge is 0.366 e. The van der Waals surface area contributed by atoms with Gasteiger partial charge in [-0.15, -0.1) is 0 Å².